The Kier molecular flexibility index (Phi) is 6.27. The van der Waals surface area contributed by atoms with Gasteiger partial charge in [0.25, 0.3) is 0 Å². The third-order valence-corrected chi connectivity index (χ3v) is 4.89. The molecule has 1 saturated heterocycles. The van der Waals surface area contributed by atoms with E-state index < -0.39 is 11.5 Å². The highest BCUT2D eigenvalue weighted by Crippen LogP contribution is 2.24. The minimum absolute atomic E-state index is 0.629. The van der Waals surface area contributed by atoms with Crippen LogP contribution in [0.25, 0.3) is 0 Å². The molecule has 19 heavy (non-hydrogen) atoms. The molecule has 0 aromatic heterocycles. The lowest BCUT2D eigenvalue weighted by atomic mass is 9.89. The monoisotopic (exact) mass is 270 g/mol. The van der Waals surface area contributed by atoms with E-state index in [1.165, 1.54) is 19.3 Å². The van der Waals surface area contributed by atoms with Crippen molar-refractivity contribution in [3.05, 3.63) is 0 Å². The molecule has 0 aromatic carbocycles. The largest absolute Gasteiger partial charge is 0.480 e. The highest BCUT2D eigenvalue weighted by Gasteiger charge is 2.34. The summed E-state index contributed by atoms with van der Waals surface area (Å²) in [7, 11) is 1.75. The lowest BCUT2D eigenvalue weighted by Gasteiger charge is -2.39. The average Bonchev–Trinajstić information content (AvgIpc) is 2.38. The summed E-state index contributed by atoms with van der Waals surface area (Å²) in [5.74, 6) is -0.725. The van der Waals surface area contributed by atoms with Gasteiger partial charge in [0.2, 0.25) is 0 Å². The van der Waals surface area contributed by atoms with Crippen LogP contribution < -0.4 is 5.32 Å². The lowest BCUT2D eigenvalue weighted by molar-refractivity contribution is -0.145. The molecule has 1 unspecified atom stereocenters. The van der Waals surface area contributed by atoms with Gasteiger partial charge >= 0.3 is 5.97 Å². The van der Waals surface area contributed by atoms with Crippen molar-refractivity contribution in [3.8, 4) is 0 Å². The Morgan fingerprint density at radius 1 is 1.37 bits per heavy atom. The van der Waals surface area contributed by atoms with Crippen LogP contribution in [0.15, 0.2) is 0 Å². The van der Waals surface area contributed by atoms with Crippen LogP contribution in [-0.4, -0.2) is 47.2 Å². The molecule has 0 amide bonds. The fourth-order valence-corrected chi connectivity index (χ4v) is 3.32. The Balaban J connectivity index is 2.49. The topological polar surface area (TPSA) is 52.6 Å². The summed E-state index contributed by atoms with van der Waals surface area (Å²) in [4.78, 5) is 14.0. The number of likely N-dealkylation sites (tertiary alicyclic amines) is 1. The molecule has 1 fully saturated rings. The number of hydrogen-bond donors (Lipinski definition) is 2. The zero-order chi connectivity index (χ0) is 14.5. The van der Waals surface area contributed by atoms with E-state index in [1.807, 2.05) is 6.92 Å². The van der Waals surface area contributed by atoms with Gasteiger partial charge < -0.3 is 10.4 Å². The second-order valence-electron chi connectivity index (χ2n) is 5.96. The molecule has 1 aliphatic rings. The molecule has 0 bridgehead atoms. The lowest BCUT2D eigenvalue weighted by Crippen LogP contribution is -2.51. The average molecular weight is 270 g/mol. The smallest absolute Gasteiger partial charge is 0.323 e. The normalized spacial score (nSPS) is 28.0. The van der Waals surface area contributed by atoms with Gasteiger partial charge in [0.05, 0.1) is 0 Å². The minimum atomic E-state index is -0.748. The zero-order valence-corrected chi connectivity index (χ0v) is 12.9. The van der Waals surface area contributed by atoms with Gasteiger partial charge in [-0.25, -0.2) is 0 Å². The fraction of sp³-hybridized carbons (Fsp3) is 0.933. The Morgan fingerprint density at radius 3 is 2.37 bits per heavy atom. The Labute approximate surface area is 117 Å². The number of carboxylic acid groups (broad SMARTS) is 1. The van der Waals surface area contributed by atoms with Gasteiger partial charge in [0, 0.05) is 12.1 Å². The number of nitrogens with one attached hydrogen (secondary N) is 1. The van der Waals surface area contributed by atoms with Crippen LogP contribution in [0.2, 0.25) is 0 Å². The van der Waals surface area contributed by atoms with Crippen molar-refractivity contribution < 1.29 is 9.90 Å². The Hall–Kier alpha value is -0.610. The maximum Gasteiger partial charge on any atom is 0.323 e. The number of carbonyl (C=O) groups is 1. The number of carboxylic acids is 1. The summed E-state index contributed by atoms with van der Waals surface area (Å²) in [5.41, 5.74) is -0.748. The van der Waals surface area contributed by atoms with E-state index in [1.54, 1.807) is 7.05 Å². The molecule has 0 radical (unpaired) electrons. The van der Waals surface area contributed by atoms with Crippen LogP contribution in [0.3, 0.4) is 0 Å². The molecule has 0 saturated carbocycles. The molecule has 0 spiro atoms. The third kappa shape index (κ3) is 3.93. The van der Waals surface area contributed by atoms with Gasteiger partial charge in [-0.05, 0) is 59.5 Å². The van der Waals surface area contributed by atoms with Crippen LogP contribution in [0.4, 0.5) is 0 Å². The fourth-order valence-electron chi connectivity index (χ4n) is 3.32. The molecular formula is C15H30N2O2. The number of likely N-dealkylation sites (N-methyl/N-ethyl adjacent to an activating group) is 1. The maximum absolute atomic E-state index is 11.4. The van der Waals surface area contributed by atoms with Crippen LogP contribution in [0, 0.1) is 0 Å². The van der Waals surface area contributed by atoms with Crippen LogP contribution in [-0.2, 0) is 4.79 Å². The van der Waals surface area contributed by atoms with Crippen molar-refractivity contribution in [2.24, 2.45) is 0 Å². The van der Waals surface area contributed by atoms with E-state index in [0.717, 1.165) is 13.0 Å². The van der Waals surface area contributed by atoms with Gasteiger partial charge in [-0.15, -0.1) is 0 Å². The first-order valence-corrected chi connectivity index (χ1v) is 7.65. The highest BCUT2D eigenvalue weighted by atomic mass is 16.4. The first-order chi connectivity index (χ1) is 8.96. The zero-order valence-electron chi connectivity index (χ0n) is 12.9. The van der Waals surface area contributed by atoms with E-state index in [4.69, 9.17) is 0 Å². The van der Waals surface area contributed by atoms with E-state index in [9.17, 15) is 9.90 Å². The van der Waals surface area contributed by atoms with Crippen LogP contribution >= 0.6 is 0 Å². The first kappa shape index (κ1) is 16.4. The number of hydrogen-bond acceptors (Lipinski definition) is 3. The number of nitrogens with zero attached hydrogens (tertiary/aromatic N) is 1. The minimum Gasteiger partial charge on any atom is -0.480 e. The molecule has 1 rings (SSSR count). The van der Waals surface area contributed by atoms with Gasteiger partial charge in [-0.3, -0.25) is 9.69 Å². The summed E-state index contributed by atoms with van der Waals surface area (Å²) < 4.78 is 0. The number of rotatable bonds is 7. The molecule has 4 heteroatoms. The molecular weight excluding hydrogens is 240 g/mol. The van der Waals surface area contributed by atoms with Gasteiger partial charge in [0.15, 0.2) is 0 Å². The van der Waals surface area contributed by atoms with Gasteiger partial charge in [0.1, 0.15) is 5.54 Å². The molecule has 112 valence electrons. The number of aliphatic carboxylic acids is 1. The summed E-state index contributed by atoms with van der Waals surface area (Å²) in [5, 5.41) is 12.4. The summed E-state index contributed by atoms with van der Waals surface area (Å²) in [6.07, 6.45) is 6.14. The number of piperidine rings is 1. The summed E-state index contributed by atoms with van der Waals surface area (Å²) >= 11 is 0. The van der Waals surface area contributed by atoms with Crippen molar-refractivity contribution >= 4 is 5.97 Å². The van der Waals surface area contributed by atoms with Gasteiger partial charge in [-0.1, -0.05) is 13.3 Å². The molecule has 2 N–H and O–H groups in total. The second-order valence-corrected chi connectivity index (χ2v) is 5.96. The highest BCUT2D eigenvalue weighted by molar-refractivity contribution is 5.78. The summed E-state index contributed by atoms with van der Waals surface area (Å²) in [6.45, 7) is 7.53. The van der Waals surface area contributed by atoms with Crippen molar-refractivity contribution in [2.75, 3.05) is 13.6 Å². The molecule has 1 heterocycles. The van der Waals surface area contributed by atoms with Gasteiger partial charge in [-0.2, -0.15) is 0 Å². The van der Waals surface area contributed by atoms with E-state index >= 15 is 0 Å². The van der Waals surface area contributed by atoms with E-state index in [2.05, 4.69) is 24.1 Å². The van der Waals surface area contributed by atoms with Crippen molar-refractivity contribution in [3.63, 3.8) is 0 Å². The Morgan fingerprint density at radius 2 is 1.95 bits per heavy atom. The van der Waals surface area contributed by atoms with Crippen molar-refractivity contribution in [1.82, 2.24) is 10.2 Å². The predicted octanol–water partition coefficient (Wildman–Crippen LogP) is 2.48. The predicted molar refractivity (Wildman–Crippen MR) is 78.4 cm³/mol. The molecule has 1 aliphatic heterocycles. The van der Waals surface area contributed by atoms with E-state index in [-0.39, 0.29) is 0 Å². The summed E-state index contributed by atoms with van der Waals surface area (Å²) in [6, 6.07) is 1.28. The SMILES string of the molecule is CCC(CCCN1[C@H](C)CCC[C@@H]1C)(NC)C(=O)O. The quantitative estimate of drug-likeness (QED) is 0.746. The van der Waals surface area contributed by atoms with Crippen LogP contribution in [0.5, 0.6) is 0 Å². The molecule has 0 aliphatic carbocycles. The first-order valence-electron chi connectivity index (χ1n) is 7.65. The maximum atomic E-state index is 11.4. The second kappa shape index (κ2) is 7.25. The van der Waals surface area contributed by atoms with Crippen LogP contribution in [0.1, 0.15) is 59.3 Å². The van der Waals surface area contributed by atoms with Crippen molar-refractivity contribution in [1.29, 1.82) is 0 Å². The van der Waals surface area contributed by atoms with Crippen molar-refractivity contribution in [2.45, 2.75) is 76.9 Å². The Bertz CT molecular complexity index is 280. The molecule has 0 aromatic rings. The van der Waals surface area contributed by atoms with E-state index in [0.29, 0.717) is 24.9 Å². The molecule has 3 atom stereocenters. The standard InChI is InChI=1S/C15H30N2O2/c1-5-15(16-4,14(18)19)10-7-11-17-12(2)8-6-9-13(17)3/h12-13,16H,5-11H2,1-4H3,(H,18,19)/t12-,13+,15?. The third-order valence-electron chi connectivity index (χ3n) is 4.89. The molecule has 4 nitrogen and oxygen atoms in total.